The molecule has 6 aromatic rings. The van der Waals surface area contributed by atoms with E-state index in [0.29, 0.717) is 0 Å². The lowest BCUT2D eigenvalue weighted by atomic mass is 10.2. The smallest absolute Gasteiger partial charge is 0.0527 e. The van der Waals surface area contributed by atoms with Crippen LogP contribution in [0.3, 0.4) is 0 Å². The Labute approximate surface area is 193 Å². The molecule has 0 aliphatic heterocycles. The minimum Gasteiger partial charge on any atom is -0.142 e. The first-order valence-electron chi connectivity index (χ1n) is 9.37. The molecule has 0 aromatic carbocycles. The number of hydrogen-bond donors (Lipinski definition) is 0. The Bertz CT molecular complexity index is 1520. The molecule has 144 valence electrons. The van der Waals surface area contributed by atoms with Gasteiger partial charge in [0.05, 0.1) is 27.2 Å². The van der Waals surface area contributed by atoms with E-state index in [-0.39, 0.29) is 0 Å². The molecule has 1 aliphatic rings. The third-order valence-electron chi connectivity index (χ3n) is 5.48. The van der Waals surface area contributed by atoms with Crippen LogP contribution in [0.1, 0.15) is 0 Å². The average Bonchev–Trinajstić information content (AvgIpc) is 3.56. The van der Waals surface area contributed by atoms with Crippen molar-refractivity contribution < 1.29 is 0 Å². The zero-order valence-corrected chi connectivity index (χ0v) is 20.3. The minimum atomic E-state index is 1.36. The Balaban J connectivity index is 2.16. The molecule has 0 radical (unpaired) electrons. The molecule has 0 amide bonds. The molecule has 0 atom stereocenters. The summed E-state index contributed by atoms with van der Waals surface area (Å²) < 4.78 is 8.34. The lowest BCUT2D eigenvalue weighted by molar-refractivity contribution is 1.45. The van der Waals surface area contributed by atoms with E-state index >= 15 is 0 Å². The largest absolute Gasteiger partial charge is 0.142 e. The summed E-state index contributed by atoms with van der Waals surface area (Å²) in [5, 5.41) is 21.7. The number of fused-ring (bicyclic) bond motifs is 6. The second kappa shape index (κ2) is 6.85. The van der Waals surface area contributed by atoms with Crippen molar-refractivity contribution in [2.75, 3.05) is 0 Å². The van der Waals surface area contributed by atoms with Gasteiger partial charge >= 0.3 is 0 Å². The van der Waals surface area contributed by atoms with Gasteiger partial charge in [-0.05, 0) is 68.7 Å². The van der Waals surface area contributed by atoms with E-state index in [9.17, 15) is 0 Å². The fourth-order valence-corrected chi connectivity index (χ4v) is 10.2. The summed E-state index contributed by atoms with van der Waals surface area (Å²) >= 11 is 11.2. The van der Waals surface area contributed by atoms with Crippen LogP contribution >= 0.6 is 68.0 Å². The molecule has 6 heterocycles. The van der Waals surface area contributed by atoms with Crippen LogP contribution in [0.15, 0.2) is 68.7 Å². The second-order valence-corrected chi connectivity index (χ2v) is 12.5. The van der Waals surface area contributed by atoms with E-state index in [4.69, 9.17) is 0 Å². The Hall–Kier alpha value is -1.80. The van der Waals surface area contributed by atoms with E-state index in [2.05, 4.69) is 68.7 Å². The number of rotatable bonds is 0. The van der Waals surface area contributed by atoms with Crippen molar-refractivity contribution in [3.8, 4) is 0 Å². The minimum absolute atomic E-state index is 1.36. The van der Waals surface area contributed by atoms with Gasteiger partial charge in [0.15, 0.2) is 0 Å². The summed E-state index contributed by atoms with van der Waals surface area (Å²) in [6.45, 7) is 0. The maximum absolute atomic E-state index is 2.30. The SMILES string of the molecule is c1cc2c(s1)=c1scc/c1=c1/ccsc1=c1sccc1=c1ccs/c1=c1\sccc1=2. The van der Waals surface area contributed by atoms with Crippen molar-refractivity contribution >= 4 is 68.0 Å². The van der Waals surface area contributed by atoms with Crippen LogP contribution in [0.4, 0.5) is 0 Å². The standard InChI is InChI=1S/C24H12S6/c1-7-25-19-13(1)14-2-8-26-20(14)22-17(5-10-28-22)18-6-12-30-24(18)23-16(4-11-29-23)15-3-9-27-21(15)19/h1-12H/b14-13+,16-15?,18-17?,21-19?,22-20?,24-23-. The molecule has 6 heteroatoms. The Kier molecular flexibility index (Phi) is 4.07. The summed E-state index contributed by atoms with van der Waals surface area (Å²) in [6.07, 6.45) is 0. The summed E-state index contributed by atoms with van der Waals surface area (Å²) in [6, 6.07) is 13.8. The van der Waals surface area contributed by atoms with Crippen LogP contribution in [0.25, 0.3) is 0 Å². The highest BCUT2D eigenvalue weighted by Gasteiger charge is 2.04. The molecule has 1 aliphatic carbocycles. The maximum atomic E-state index is 2.30. The molecule has 0 nitrogen and oxygen atoms in total. The van der Waals surface area contributed by atoms with Gasteiger partial charge in [-0.2, -0.15) is 0 Å². The average molecular weight is 493 g/mol. The van der Waals surface area contributed by atoms with Gasteiger partial charge in [0.25, 0.3) is 0 Å². The van der Waals surface area contributed by atoms with Crippen LogP contribution in [-0.2, 0) is 0 Å². The zero-order valence-electron chi connectivity index (χ0n) is 15.4. The molecule has 0 saturated carbocycles. The van der Waals surface area contributed by atoms with E-state index in [0.717, 1.165) is 0 Å². The fraction of sp³-hybridized carbons (Fsp3) is 0. The van der Waals surface area contributed by atoms with E-state index in [1.165, 1.54) is 58.5 Å². The van der Waals surface area contributed by atoms with Crippen molar-refractivity contribution in [2.24, 2.45) is 0 Å². The third-order valence-corrected chi connectivity index (χ3v) is 11.5. The number of thiophene rings is 6. The Morgan fingerprint density at radius 2 is 0.433 bits per heavy atom. The molecule has 0 N–H and O–H groups in total. The summed E-state index contributed by atoms with van der Waals surface area (Å²) in [4.78, 5) is 0. The van der Waals surface area contributed by atoms with Crippen LogP contribution in [0, 0.1) is 58.5 Å². The second-order valence-electron chi connectivity index (χ2n) is 6.98. The van der Waals surface area contributed by atoms with E-state index in [1.807, 2.05) is 68.0 Å². The van der Waals surface area contributed by atoms with Gasteiger partial charge in [0.1, 0.15) is 0 Å². The first-order chi connectivity index (χ1) is 14.9. The van der Waals surface area contributed by atoms with Crippen LogP contribution < -0.4 is 0 Å². The van der Waals surface area contributed by atoms with Gasteiger partial charge in [-0.15, -0.1) is 68.0 Å². The highest BCUT2D eigenvalue weighted by atomic mass is 32.1. The van der Waals surface area contributed by atoms with Crippen molar-refractivity contribution in [2.45, 2.75) is 0 Å². The molecule has 0 bridgehead atoms. The monoisotopic (exact) mass is 492 g/mol. The van der Waals surface area contributed by atoms with E-state index < -0.39 is 0 Å². The molecule has 7 rings (SSSR count). The topological polar surface area (TPSA) is 0 Å². The van der Waals surface area contributed by atoms with Crippen LogP contribution in [0.5, 0.6) is 0 Å². The molecular weight excluding hydrogens is 481 g/mol. The fourth-order valence-electron chi connectivity index (χ4n) is 4.18. The van der Waals surface area contributed by atoms with Crippen LogP contribution in [0.2, 0.25) is 0 Å². The molecule has 0 fully saturated rings. The summed E-state index contributed by atoms with van der Waals surface area (Å²) in [5.41, 5.74) is 0. The zero-order chi connectivity index (χ0) is 19.7. The van der Waals surface area contributed by atoms with E-state index in [1.54, 1.807) is 0 Å². The van der Waals surface area contributed by atoms with Crippen molar-refractivity contribution in [1.82, 2.24) is 0 Å². The van der Waals surface area contributed by atoms with Crippen molar-refractivity contribution in [3.05, 3.63) is 127 Å². The molecule has 30 heavy (non-hydrogen) atoms. The van der Waals surface area contributed by atoms with Gasteiger partial charge in [-0.3, -0.25) is 0 Å². The number of hydrogen-bond acceptors (Lipinski definition) is 6. The van der Waals surface area contributed by atoms with Gasteiger partial charge in [0.2, 0.25) is 0 Å². The van der Waals surface area contributed by atoms with Gasteiger partial charge in [-0.1, -0.05) is 0 Å². The molecule has 0 spiro atoms. The quantitative estimate of drug-likeness (QED) is 0.201. The lowest BCUT2D eigenvalue weighted by Crippen LogP contribution is -1.76. The lowest BCUT2D eigenvalue weighted by Gasteiger charge is -1.87. The molecule has 0 saturated heterocycles. The van der Waals surface area contributed by atoms with Gasteiger partial charge in [0, 0.05) is 31.3 Å². The first kappa shape index (κ1) is 17.8. The van der Waals surface area contributed by atoms with Crippen LogP contribution in [-0.4, -0.2) is 0 Å². The van der Waals surface area contributed by atoms with Crippen molar-refractivity contribution in [3.63, 3.8) is 0 Å². The highest BCUT2D eigenvalue weighted by Crippen LogP contribution is 2.23. The first-order valence-corrected chi connectivity index (χ1v) is 14.6. The molecule has 6 aromatic heterocycles. The maximum Gasteiger partial charge on any atom is 0.0527 e. The van der Waals surface area contributed by atoms with Gasteiger partial charge in [-0.25, -0.2) is 0 Å². The van der Waals surface area contributed by atoms with Crippen molar-refractivity contribution in [1.29, 1.82) is 0 Å². The molecular formula is C24H12S6. The predicted octanol–water partition coefficient (Wildman–Crippen LogP) is 8.09. The predicted molar refractivity (Wildman–Crippen MR) is 132 cm³/mol. The molecule has 0 unspecified atom stereocenters. The Morgan fingerprint density at radius 1 is 0.267 bits per heavy atom. The Morgan fingerprint density at radius 3 is 0.600 bits per heavy atom. The normalized spacial score (nSPS) is 14.4. The summed E-state index contributed by atoms with van der Waals surface area (Å²) in [5.74, 6) is 0. The third kappa shape index (κ3) is 2.46. The summed E-state index contributed by atoms with van der Waals surface area (Å²) in [7, 11) is 0. The van der Waals surface area contributed by atoms with Gasteiger partial charge < -0.3 is 0 Å². The highest BCUT2D eigenvalue weighted by molar-refractivity contribution is 7.12.